The molecule has 0 atom stereocenters. The lowest BCUT2D eigenvalue weighted by atomic mass is 10.1. The zero-order valence-corrected chi connectivity index (χ0v) is 16.0. The fraction of sp³-hybridized carbons (Fsp3) is 0.158. The Morgan fingerprint density at radius 3 is 2.45 bits per heavy atom. The van der Waals surface area contributed by atoms with Crippen LogP contribution in [-0.4, -0.2) is 18.2 Å². The summed E-state index contributed by atoms with van der Waals surface area (Å²) in [5, 5.41) is 12.7. The molecular weight excluding hydrogens is 407 g/mol. The van der Waals surface area contributed by atoms with E-state index in [0.29, 0.717) is 5.56 Å². The van der Waals surface area contributed by atoms with Crippen LogP contribution in [-0.2, 0) is 16.3 Å². The molecule has 29 heavy (non-hydrogen) atoms. The van der Waals surface area contributed by atoms with E-state index in [4.69, 9.17) is 9.44 Å². The molecule has 2 aromatic carbocycles. The van der Waals surface area contributed by atoms with Gasteiger partial charge in [-0.25, -0.2) is 4.68 Å². The molecule has 0 aliphatic heterocycles. The van der Waals surface area contributed by atoms with Crippen molar-refractivity contribution in [1.29, 1.82) is 5.26 Å². The van der Waals surface area contributed by atoms with Crippen molar-refractivity contribution < 1.29 is 25.8 Å². The quantitative estimate of drug-likeness (QED) is 0.591. The molecule has 3 aromatic rings. The van der Waals surface area contributed by atoms with E-state index in [9.17, 15) is 21.6 Å². The largest absolute Gasteiger partial charge is 0.417 e. The van der Waals surface area contributed by atoms with Gasteiger partial charge in [-0.1, -0.05) is 17.7 Å². The Hall–Kier alpha value is -3.32. The summed E-state index contributed by atoms with van der Waals surface area (Å²) in [6.45, 7) is 3.44. The summed E-state index contributed by atoms with van der Waals surface area (Å²) in [4.78, 5) is -0.0321. The Balaban J connectivity index is 1.93. The van der Waals surface area contributed by atoms with Crippen LogP contribution in [0.2, 0.25) is 0 Å². The topological polar surface area (TPSA) is 85.0 Å². The van der Waals surface area contributed by atoms with Crippen LogP contribution in [0.15, 0.2) is 53.6 Å². The van der Waals surface area contributed by atoms with E-state index in [1.807, 2.05) is 6.92 Å². The summed E-state index contributed by atoms with van der Waals surface area (Å²) >= 11 is 0. The van der Waals surface area contributed by atoms with Crippen LogP contribution in [0.1, 0.15) is 22.3 Å². The molecule has 0 N–H and O–H groups in total. The van der Waals surface area contributed by atoms with Gasteiger partial charge in [0.05, 0.1) is 22.9 Å². The molecular formula is C19H14F3N3O3S. The minimum Gasteiger partial charge on any atom is -0.357 e. The highest BCUT2D eigenvalue weighted by molar-refractivity contribution is 7.87. The number of rotatable bonds is 4. The number of nitrogens with zero attached hydrogens (tertiary/aromatic N) is 3. The first-order valence-electron chi connectivity index (χ1n) is 8.20. The van der Waals surface area contributed by atoms with E-state index < -0.39 is 27.4 Å². The average Bonchev–Trinajstić information content (AvgIpc) is 3.07. The van der Waals surface area contributed by atoms with Crippen LogP contribution in [0.3, 0.4) is 0 Å². The first kappa shape index (κ1) is 20.4. The van der Waals surface area contributed by atoms with Crippen LogP contribution in [0.4, 0.5) is 13.2 Å². The Labute approximate surface area is 164 Å². The normalized spacial score (nSPS) is 11.9. The maximum absolute atomic E-state index is 13.1. The lowest BCUT2D eigenvalue weighted by Crippen LogP contribution is -2.12. The van der Waals surface area contributed by atoms with E-state index in [-0.39, 0.29) is 16.5 Å². The van der Waals surface area contributed by atoms with Gasteiger partial charge in [0.1, 0.15) is 4.90 Å². The highest BCUT2D eigenvalue weighted by Gasteiger charge is 2.34. The van der Waals surface area contributed by atoms with Gasteiger partial charge in [0.15, 0.2) is 0 Å². The average molecular weight is 421 g/mol. The fourth-order valence-corrected chi connectivity index (χ4v) is 3.83. The van der Waals surface area contributed by atoms with Gasteiger partial charge in [-0.3, -0.25) is 0 Å². The molecule has 0 unspecified atom stereocenters. The number of halogens is 3. The smallest absolute Gasteiger partial charge is 0.357 e. The Morgan fingerprint density at radius 1 is 1.10 bits per heavy atom. The van der Waals surface area contributed by atoms with Crippen LogP contribution in [0, 0.1) is 25.2 Å². The third-order valence-electron chi connectivity index (χ3n) is 4.05. The highest BCUT2D eigenvalue weighted by atomic mass is 32.2. The zero-order valence-electron chi connectivity index (χ0n) is 15.2. The van der Waals surface area contributed by atoms with Gasteiger partial charge in [-0.2, -0.15) is 26.9 Å². The minimum absolute atomic E-state index is 0.00455. The molecule has 1 aromatic heterocycles. The van der Waals surface area contributed by atoms with Crippen molar-refractivity contribution in [1.82, 2.24) is 9.78 Å². The van der Waals surface area contributed by atoms with E-state index in [1.54, 1.807) is 19.1 Å². The molecule has 0 aliphatic rings. The van der Waals surface area contributed by atoms with Crippen molar-refractivity contribution in [2.24, 2.45) is 0 Å². The summed E-state index contributed by atoms with van der Waals surface area (Å²) in [7, 11) is -4.17. The second kappa shape index (κ2) is 7.25. The summed E-state index contributed by atoms with van der Waals surface area (Å²) in [6.07, 6.45) is -3.46. The van der Waals surface area contributed by atoms with Gasteiger partial charge < -0.3 is 4.18 Å². The van der Waals surface area contributed by atoms with Gasteiger partial charge >= 0.3 is 16.3 Å². The number of hydrogen-bond donors (Lipinski definition) is 0. The molecule has 0 fully saturated rings. The predicted octanol–water partition coefficient (Wildman–Crippen LogP) is 4.15. The Bertz CT molecular complexity index is 1230. The maximum atomic E-state index is 13.1. The molecule has 10 heteroatoms. The van der Waals surface area contributed by atoms with Crippen LogP contribution in [0.5, 0.6) is 5.88 Å². The van der Waals surface area contributed by atoms with Crippen LogP contribution >= 0.6 is 0 Å². The molecule has 0 aliphatic carbocycles. The molecule has 0 radical (unpaired) electrons. The third-order valence-corrected chi connectivity index (χ3v) is 5.44. The van der Waals surface area contributed by atoms with Crippen molar-refractivity contribution in [2.75, 3.05) is 0 Å². The highest BCUT2D eigenvalue weighted by Crippen LogP contribution is 2.33. The van der Waals surface area contributed by atoms with Crippen molar-refractivity contribution >= 4 is 10.1 Å². The van der Waals surface area contributed by atoms with E-state index in [1.165, 1.54) is 30.5 Å². The number of aromatic nitrogens is 2. The summed E-state index contributed by atoms with van der Waals surface area (Å²) < 4.78 is 70.4. The Morgan fingerprint density at radius 2 is 1.83 bits per heavy atom. The standard InChI is InChI=1S/C19H14F3N3O3S/c1-12-3-6-17(13(2)9-12)29(26,27)28-18-7-8-25(24-18)15-5-4-14(11-23)16(10-15)19(20,21)22/h3-10H,1-2H3. The second-order valence-corrected chi connectivity index (χ2v) is 7.76. The number of alkyl halides is 3. The number of aryl methyl sites for hydroxylation is 2. The molecule has 0 saturated heterocycles. The molecule has 3 rings (SSSR count). The predicted molar refractivity (Wildman–Crippen MR) is 97.0 cm³/mol. The molecule has 0 saturated carbocycles. The molecule has 150 valence electrons. The number of benzene rings is 2. The van der Waals surface area contributed by atoms with Gasteiger partial charge in [-0.15, -0.1) is 5.10 Å². The van der Waals surface area contributed by atoms with Gasteiger partial charge in [0.2, 0.25) is 0 Å². The SMILES string of the molecule is Cc1ccc(S(=O)(=O)Oc2ccn(-c3ccc(C#N)c(C(F)(F)F)c3)n2)c(C)c1. The molecule has 0 amide bonds. The van der Waals surface area contributed by atoms with E-state index in [0.717, 1.165) is 22.4 Å². The maximum Gasteiger partial charge on any atom is 0.417 e. The van der Waals surface area contributed by atoms with Gasteiger partial charge in [0, 0.05) is 12.3 Å². The summed E-state index contributed by atoms with van der Waals surface area (Å²) in [5.74, 6) is -0.303. The fourth-order valence-electron chi connectivity index (χ4n) is 2.74. The van der Waals surface area contributed by atoms with Gasteiger partial charge in [0.25, 0.3) is 5.88 Å². The molecule has 1 heterocycles. The zero-order chi connectivity index (χ0) is 21.4. The third kappa shape index (κ3) is 4.25. The molecule has 6 nitrogen and oxygen atoms in total. The lowest BCUT2D eigenvalue weighted by molar-refractivity contribution is -0.137. The second-order valence-electron chi connectivity index (χ2n) is 6.24. The van der Waals surface area contributed by atoms with E-state index in [2.05, 4.69) is 5.10 Å². The molecule has 0 bridgehead atoms. The van der Waals surface area contributed by atoms with Crippen molar-refractivity contribution in [2.45, 2.75) is 24.9 Å². The van der Waals surface area contributed by atoms with Crippen LogP contribution < -0.4 is 4.18 Å². The first-order valence-corrected chi connectivity index (χ1v) is 9.61. The Kier molecular flexibility index (Phi) is 5.11. The monoisotopic (exact) mass is 421 g/mol. The van der Waals surface area contributed by atoms with Crippen molar-refractivity contribution in [3.05, 3.63) is 70.9 Å². The summed E-state index contributed by atoms with van der Waals surface area (Å²) in [5.41, 5.74) is -0.269. The lowest BCUT2D eigenvalue weighted by Gasteiger charge is -2.11. The van der Waals surface area contributed by atoms with Crippen LogP contribution in [0.25, 0.3) is 5.69 Å². The van der Waals surface area contributed by atoms with Crippen molar-refractivity contribution in [3.8, 4) is 17.6 Å². The van der Waals surface area contributed by atoms with Gasteiger partial charge in [-0.05, 0) is 43.7 Å². The van der Waals surface area contributed by atoms with Crippen molar-refractivity contribution in [3.63, 3.8) is 0 Å². The first-order chi connectivity index (χ1) is 13.5. The molecule has 0 spiro atoms. The summed E-state index contributed by atoms with van der Waals surface area (Å²) in [6, 6.07) is 10.5. The van der Waals surface area contributed by atoms with E-state index >= 15 is 0 Å². The number of hydrogen-bond acceptors (Lipinski definition) is 5. The number of nitriles is 1. The minimum atomic E-state index is -4.72.